The zero-order valence-corrected chi connectivity index (χ0v) is 16.1. The molecular weight excluding hydrogens is 350 g/mol. The summed E-state index contributed by atoms with van der Waals surface area (Å²) in [4.78, 5) is 39.2. The fraction of sp³-hybridized carbons (Fsp3) is 0.632. The molecule has 4 rings (SSSR count). The third-order valence-corrected chi connectivity index (χ3v) is 7.20. The largest absolute Gasteiger partial charge is 0.344 e. The van der Waals surface area contributed by atoms with Crippen molar-refractivity contribution in [3.8, 4) is 0 Å². The Morgan fingerprint density at radius 3 is 2.69 bits per heavy atom. The molecule has 4 amide bonds. The van der Waals surface area contributed by atoms with Crippen molar-refractivity contribution in [2.24, 2.45) is 11.8 Å². The van der Waals surface area contributed by atoms with Crippen LogP contribution in [0.5, 0.6) is 0 Å². The first-order valence-electron chi connectivity index (χ1n) is 9.46. The fourth-order valence-corrected chi connectivity index (χ4v) is 5.59. The predicted molar refractivity (Wildman–Crippen MR) is 98.7 cm³/mol. The van der Waals surface area contributed by atoms with Crippen molar-refractivity contribution in [2.45, 2.75) is 64.3 Å². The van der Waals surface area contributed by atoms with Gasteiger partial charge in [0.05, 0.1) is 5.56 Å². The zero-order chi connectivity index (χ0) is 18.5. The van der Waals surface area contributed by atoms with E-state index in [2.05, 4.69) is 24.6 Å². The number of imide groups is 1. The Hall–Kier alpha value is -1.89. The number of hydrazine groups is 1. The molecule has 2 aliphatic carbocycles. The molecular formula is C19H25N3O3S. The van der Waals surface area contributed by atoms with Gasteiger partial charge < -0.3 is 5.32 Å². The van der Waals surface area contributed by atoms with Gasteiger partial charge in [-0.25, -0.2) is 4.79 Å². The maximum Gasteiger partial charge on any atom is 0.344 e. The molecule has 2 N–H and O–H groups in total. The maximum atomic E-state index is 12.9. The number of nitrogens with zero attached hydrogens (tertiary/aromatic N) is 1. The van der Waals surface area contributed by atoms with Crippen LogP contribution >= 0.6 is 11.3 Å². The highest BCUT2D eigenvalue weighted by atomic mass is 32.1. The number of nitrogens with one attached hydrogen (secondary N) is 2. The molecule has 1 aromatic rings. The number of carbonyl (C=O) groups is 3. The molecule has 26 heavy (non-hydrogen) atoms. The molecule has 1 atom stereocenters. The lowest BCUT2D eigenvalue weighted by atomic mass is 9.77. The van der Waals surface area contributed by atoms with E-state index in [1.54, 1.807) is 11.3 Å². The first kappa shape index (κ1) is 17.5. The summed E-state index contributed by atoms with van der Waals surface area (Å²) in [6, 6.07) is -0.518. The average Bonchev–Trinajstić information content (AvgIpc) is 3.12. The summed E-state index contributed by atoms with van der Waals surface area (Å²) in [5, 5.41) is 5.59. The number of thiophene rings is 1. The van der Waals surface area contributed by atoms with Crippen molar-refractivity contribution in [1.29, 1.82) is 0 Å². The fourth-order valence-electron chi connectivity index (χ4n) is 4.35. The summed E-state index contributed by atoms with van der Waals surface area (Å²) >= 11 is 1.60. The van der Waals surface area contributed by atoms with Crippen LogP contribution in [0.3, 0.4) is 0 Å². The van der Waals surface area contributed by atoms with Crippen molar-refractivity contribution >= 4 is 29.2 Å². The molecule has 2 fully saturated rings. The van der Waals surface area contributed by atoms with E-state index in [-0.39, 0.29) is 11.8 Å². The highest BCUT2D eigenvalue weighted by Gasteiger charge is 2.53. The van der Waals surface area contributed by atoms with Crippen LogP contribution in [-0.2, 0) is 17.6 Å². The van der Waals surface area contributed by atoms with Gasteiger partial charge in [-0.1, -0.05) is 13.8 Å². The molecule has 1 spiro atoms. The molecule has 0 aromatic carbocycles. The van der Waals surface area contributed by atoms with Gasteiger partial charge in [0.15, 0.2) is 0 Å². The van der Waals surface area contributed by atoms with E-state index in [0.717, 1.165) is 42.7 Å². The summed E-state index contributed by atoms with van der Waals surface area (Å²) in [7, 11) is 0. The number of rotatable bonds is 2. The van der Waals surface area contributed by atoms with Gasteiger partial charge >= 0.3 is 6.03 Å². The van der Waals surface area contributed by atoms with E-state index in [1.165, 1.54) is 4.88 Å². The van der Waals surface area contributed by atoms with Crippen molar-refractivity contribution in [2.75, 3.05) is 0 Å². The molecule has 0 bridgehead atoms. The molecule has 0 radical (unpaired) electrons. The van der Waals surface area contributed by atoms with E-state index < -0.39 is 11.6 Å². The lowest BCUT2D eigenvalue weighted by Crippen LogP contribution is -2.51. The van der Waals surface area contributed by atoms with Crippen LogP contribution in [0.1, 0.15) is 66.8 Å². The summed E-state index contributed by atoms with van der Waals surface area (Å²) < 4.78 is 0. The monoisotopic (exact) mass is 375 g/mol. The highest BCUT2D eigenvalue weighted by molar-refractivity contribution is 7.10. The van der Waals surface area contributed by atoms with Crippen molar-refractivity contribution < 1.29 is 14.4 Å². The van der Waals surface area contributed by atoms with Crippen LogP contribution in [0.2, 0.25) is 0 Å². The molecule has 140 valence electrons. The van der Waals surface area contributed by atoms with Crippen LogP contribution in [0, 0.1) is 11.8 Å². The first-order valence-corrected chi connectivity index (χ1v) is 10.3. The lowest BCUT2D eigenvalue weighted by Gasteiger charge is -2.33. The van der Waals surface area contributed by atoms with Crippen LogP contribution in [-0.4, -0.2) is 28.4 Å². The molecule has 3 aliphatic rings. The number of hydrogen-bond acceptors (Lipinski definition) is 4. The second-order valence-electron chi connectivity index (χ2n) is 8.18. The smallest absolute Gasteiger partial charge is 0.322 e. The summed E-state index contributed by atoms with van der Waals surface area (Å²) in [6.07, 6.45) is 6.03. The van der Waals surface area contributed by atoms with Crippen LogP contribution in [0.25, 0.3) is 0 Å². The van der Waals surface area contributed by atoms with Gasteiger partial charge in [-0.2, -0.15) is 5.01 Å². The molecule has 7 heteroatoms. The van der Waals surface area contributed by atoms with Gasteiger partial charge in [-0.05, 0) is 62.3 Å². The van der Waals surface area contributed by atoms with Crippen LogP contribution in [0.4, 0.5) is 4.79 Å². The minimum atomic E-state index is -0.833. The van der Waals surface area contributed by atoms with Gasteiger partial charge in [0.1, 0.15) is 5.54 Å². The molecule has 1 unspecified atom stereocenters. The van der Waals surface area contributed by atoms with E-state index in [1.807, 2.05) is 5.38 Å². The summed E-state index contributed by atoms with van der Waals surface area (Å²) in [6.45, 7) is 4.38. The van der Waals surface area contributed by atoms with Gasteiger partial charge in [0.2, 0.25) is 0 Å². The summed E-state index contributed by atoms with van der Waals surface area (Å²) in [5.74, 6) is 0.521. The SMILES string of the molecule is CC1CCC2(CC1)NC(=O)N(NC(=O)c1csc3c1CCC(C)C3)C2=O. The number of amides is 4. The minimum absolute atomic E-state index is 0.319. The van der Waals surface area contributed by atoms with E-state index in [9.17, 15) is 14.4 Å². The van der Waals surface area contributed by atoms with Gasteiger partial charge in [0.25, 0.3) is 11.8 Å². The van der Waals surface area contributed by atoms with Crippen molar-refractivity contribution in [3.63, 3.8) is 0 Å². The van der Waals surface area contributed by atoms with E-state index >= 15 is 0 Å². The number of urea groups is 1. The molecule has 2 heterocycles. The Morgan fingerprint density at radius 2 is 1.96 bits per heavy atom. The normalized spacial score (nSPS) is 31.1. The molecule has 6 nitrogen and oxygen atoms in total. The van der Waals surface area contributed by atoms with Crippen LogP contribution < -0.4 is 10.7 Å². The summed E-state index contributed by atoms with van der Waals surface area (Å²) in [5.41, 5.74) is 3.42. The van der Waals surface area contributed by atoms with Crippen molar-refractivity contribution in [3.05, 3.63) is 21.4 Å². The topological polar surface area (TPSA) is 78.5 Å². The van der Waals surface area contributed by atoms with Gasteiger partial charge in [0, 0.05) is 10.3 Å². The maximum absolute atomic E-state index is 12.9. The molecule has 1 aliphatic heterocycles. The zero-order valence-electron chi connectivity index (χ0n) is 15.3. The predicted octanol–water partition coefficient (Wildman–Crippen LogP) is 3.02. The molecule has 1 aromatic heterocycles. The Bertz CT molecular complexity index is 764. The van der Waals surface area contributed by atoms with Crippen LogP contribution in [0.15, 0.2) is 5.38 Å². The van der Waals surface area contributed by atoms with E-state index in [4.69, 9.17) is 0 Å². The Kier molecular flexibility index (Phi) is 4.29. The number of hydrogen-bond donors (Lipinski definition) is 2. The van der Waals surface area contributed by atoms with Crippen molar-refractivity contribution in [1.82, 2.24) is 15.8 Å². The third-order valence-electron chi connectivity index (χ3n) is 6.15. The molecule has 1 saturated carbocycles. The first-order chi connectivity index (χ1) is 12.4. The van der Waals surface area contributed by atoms with Gasteiger partial charge in [-0.15, -0.1) is 11.3 Å². The second-order valence-corrected chi connectivity index (χ2v) is 9.14. The Morgan fingerprint density at radius 1 is 1.23 bits per heavy atom. The average molecular weight is 375 g/mol. The second kappa shape index (κ2) is 6.37. The van der Waals surface area contributed by atoms with Gasteiger partial charge in [-0.3, -0.25) is 15.0 Å². The Balaban J connectivity index is 1.50. The number of fused-ring (bicyclic) bond motifs is 1. The number of carbonyl (C=O) groups excluding carboxylic acids is 3. The van der Waals surface area contributed by atoms with E-state index in [0.29, 0.717) is 30.2 Å². The highest BCUT2D eigenvalue weighted by Crippen LogP contribution is 2.36. The lowest BCUT2D eigenvalue weighted by molar-refractivity contribution is -0.134. The standard InChI is InChI=1S/C19H25N3O3S/c1-11-5-7-19(8-6-11)17(24)22(18(25)20-19)21-16(23)14-10-26-15-9-12(2)3-4-13(14)15/h10-12H,3-9H2,1-2H3,(H,20,25)(H,21,23). The molecule has 1 saturated heterocycles. The third kappa shape index (κ3) is 2.82. The Labute approximate surface area is 157 Å². The quantitative estimate of drug-likeness (QED) is 0.780. The minimum Gasteiger partial charge on any atom is -0.322 e.